The average molecular weight is 984 g/mol. The summed E-state index contributed by atoms with van der Waals surface area (Å²) in [5, 5.41) is 2.20. The Balaban J connectivity index is 0.000000426. The zero-order chi connectivity index (χ0) is 54.1. The van der Waals surface area contributed by atoms with Crippen LogP contribution in [0.5, 0.6) is 0 Å². The van der Waals surface area contributed by atoms with E-state index in [-0.39, 0.29) is 0 Å². The highest BCUT2D eigenvalue weighted by molar-refractivity contribution is 7.10. The van der Waals surface area contributed by atoms with Crippen molar-refractivity contribution in [2.24, 2.45) is 0 Å². The molecule has 0 saturated carbocycles. The van der Waals surface area contributed by atoms with Crippen LogP contribution in [0, 0.1) is 0 Å². The number of nitrogens with zero attached hydrogens (tertiary/aromatic N) is 4. The fourth-order valence-electron chi connectivity index (χ4n) is 8.49. The molecule has 5 heteroatoms. The molecule has 71 heavy (non-hydrogen) atoms. The van der Waals surface area contributed by atoms with Gasteiger partial charge in [0.05, 0.1) is 0 Å². The van der Waals surface area contributed by atoms with Gasteiger partial charge in [0.25, 0.3) is 0 Å². The Morgan fingerprint density at radius 1 is 0.268 bits per heavy atom. The van der Waals surface area contributed by atoms with E-state index >= 15 is 0 Å². The predicted octanol–water partition coefficient (Wildman–Crippen LogP) is 21.2. The Kier molecular flexibility index (Phi) is 30.3. The highest BCUT2D eigenvalue weighted by Crippen LogP contribution is 2.31. The van der Waals surface area contributed by atoms with Gasteiger partial charge in [-0.1, -0.05) is 203 Å². The van der Waals surface area contributed by atoms with Gasteiger partial charge in [-0.2, -0.15) is 0 Å². The number of pyridine rings is 4. The predicted molar refractivity (Wildman–Crippen MR) is 317 cm³/mol. The molecule has 0 amide bonds. The number of thiophene rings is 1. The lowest BCUT2D eigenvalue weighted by Crippen LogP contribution is -2.00. The normalized spacial score (nSPS) is 11.2. The van der Waals surface area contributed by atoms with E-state index in [1.54, 1.807) is 4.88 Å². The van der Waals surface area contributed by atoms with Crippen molar-refractivity contribution in [1.82, 2.24) is 19.9 Å². The largest absolute Gasteiger partial charge is 0.264 e. The molecule has 0 aliphatic heterocycles. The zero-order valence-electron chi connectivity index (χ0n) is 49.5. The molecule has 0 unspecified atom stereocenters. The van der Waals surface area contributed by atoms with Gasteiger partial charge in [0.15, 0.2) is 0 Å². The second-order valence-corrected chi connectivity index (χ2v) is 23.6. The first-order valence-corrected chi connectivity index (χ1v) is 28.1. The highest BCUT2D eigenvalue weighted by atomic mass is 32.1. The van der Waals surface area contributed by atoms with Crippen molar-refractivity contribution >= 4 is 11.3 Å². The molecule has 6 aromatic rings. The number of aromatic nitrogens is 4. The van der Waals surface area contributed by atoms with Crippen molar-refractivity contribution in [2.75, 3.05) is 0 Å². The Labute approximate surface area is 441 Å². The topological polar surface area (TPSA) is 51.6 Å². The van der Waals surface area contributed by atoms with Crippen molar-refractivity contribution in [3.63, 3.8) is 0 Å². The van der Waals surface area contributed by atoms with E-state index in [9.17, 15) is 0 Å². The number of hydrogen-bond donors (Lipinski definition) is 0. The van der Waals surface area contributed by atoms with Gasteiger partial charge in [0.2, 0.25) is 0 Å². The van der Waals surface area contributed by atoms with Crippen LogP contribution in [-0.2, 0) is 0 Å². The summed E-state index contributed by atoms with van der Waals surface area (Å²) in [6.07, 6.45) is 11.5. The zero-order valence-corrected chi connectivity index (χ0v) is 50.3. The highest BCUT2D eigenvalue weighted by Gasteiger charge is 2.13. The summed E-state index contributed by atoms with van der Waals surface area (Å²) in [4.78, 5) is 18.7. The van der Waals surface area contributed by atoms with Gasteiger partial charge in [0, 0.05) is 53.4 Å². The van der Waals surface area contributed by atoms with Crippen LogP contribution in [0.4, 0.5) is 0 Å². The molecular weight excluding hydrogens is 881 g/mol. The number of benzene rings is 1. The fourth-order valence-corrected chi connectivity index (χ4v) is 9.57. The molecule has 0 N–H and O–H groups in total. The number of hydrogen-bond acceptors (Lipinski definition) is 5. The van der Waals surface area contributed by atoms with Gasteiger partial charge < -0.3 is 0 Å². The third-order valence-corrected chi connectivity index (χ3v) is 13.7. The third kappa shape index (κ3) is 22.4. The van der Waals surface area contributed by atoms with Crippen molar-refractivity contribution in [1.29, 1.82) is 0 Å². The standard InChI is InChI=1S/C12H18.4C11H17N.C10H16S/c1-9(2)11-7-5-6-8-12(11)10(3)4;2*1-8(2)10-5-6-12-7-11(10)9(3)4;2*1-8(2)10-6-5-7-12-11(10)9(3)4;1-7(2)9-5-6-11-10(9)8(3)4/h5-10H,1-4H3;4*5-9H,1-4H3;5-8H,1-4H3. The van der Waals surface area contributed by atoms with E-state index < -0.39 is 0 Å². The third-order valence-electron chi connectivity index (χ3n) is 12.5. The first-order valence-electron chi connectivity index (χ1n) is 27.2. The van der Waals surface area contributed by atoms with Gasteiger partial charge in [0.1, 0.15) is 0 Å². The van der Waals surface area contributed by atoms with Crippen LogP contribution in [0.15, 0.2) is 109 Å². The van der Waals surface area contributed by atoms with Crippen molar-refractivity contribution in [2.45, 2.75) is 237 Å². The Morgan fingerprint density at radius 2 is 0.563 bits per heavy atom. The second-order valence-electron chi connectivity index (χ2n) is 22.7. The van der Waals surface area contributed by atoms with Crippen LogP contribution in [0.2, 0.25) is 0 Å². The van der Waals surface area contributed by atoms with Gasteiger partial charge in [-0.15, -0.1) is 11.3 Å². The van der Waals surface area contributed by atoms with Crippen molar-refractivity contribution in [3.8, 4) is 0 Å². The van der Waals surface area contributed by atoms with Gasteiger partial charge in [-0.3, -0.25) is 19.9 Å². The molecule has 5 aromatic heterocycles. The molecule has 1 aromatic carbocycles. The lowest BCUT2D eigenvalue weighted by Gasteiger charge is -2.14. The summed E-state index contributed by atoms with van der Waals surface area (Å²) in [5.74, 6) is 7.24. The molecule has 0 atom stereocenters. The van der Waals surface area contributed by atoms with Crippen molar-refractivity contribution in [3.05, 3.63) is 176 Å². The summed E-state index contributed by atoms with van der Waals surface area (Å²) in [5.41, 5.74) is 15.4. The van der Waals surface area contributed by atoms with E-state index in [1.807, 2.05) is 60.7 Å². The maximum absolute atomic E-state index is 4.40. The minimum atomic E-state index is 0.531. The van der Waals surface area contributed by atoms with Crippen LogP contribution in [0.1, 0.15) is 304 Å². The van der Waals surface area contributed by atoms with Crippen LogP contribution < -0.4 is 0 Å². The molecule has 0 radical (unpaired) electrons. The van der Waals surface area contributed by atoms with Crippen LogP contribution in [0.3, 0.4) is 0 Å². The van der Waals surface area contributed by atoms with E-state index in [0.717, 1.165) is 0 Å². The molecule has 6 rings (SSSR count). The molecule has 0 bridgehead atoms. The Hall–Kier alpha value is -4.48. The molecule has 0 aliphatic rings. The van der Waals surface area contributed by atoms with E-state index in [0.29, 0.717) is 71.0 Å². The van der Waals surface area contributed by atoms with Crippen LogP contribution in [0.25, 0.3) is 0 Å². The van der Waals surface area contributed by atoms with E-state index in [1.165, 1.54) is 61.5 Å². The van der Waals surface area contributed by atoms with Crippen molar-refractivity contribution < 1.29 is 0 Å². The molecule has 0 spiro atoms. The quantitative estimate of drug-likeness (QED) is 0.123. The average Bonchev–Trinajstić information content (AvgIpc) is 3.84. The minimum Gasteiger partial charge on any atom is -0.264 e. The monoisotopic (exact) mass is 983 g/mol. The summed E-state index contributed by atoms with van der Waals surface area (Å²) in [6.45, 7) is 53.4. The van der Waals surface area contributed by atoms with Crippen LogP contribution >= 0.6 is 11.3 Å². The lowest BCUT2D eigenvalue weighted by molar-refractivity contribution is 0.757. The van der Waals surface area contributed by atoms with Crippen LogP contribution in [-0.4, -0.2) is 19.9 Å². The Morgan fingerprint density at radius 3 is 0.803 bits per heavy atom. The summed E-state index contributed by atoms with van der Waals surface area (Å²) in [7, 11) is 0. The van der Waals surface area contributed by atoms with Gasteiger partial charge in [-0.05, 0) is 157 Å². The molecule has 392 valence electrons. The maximum Gasteiger partial charge on any atom is 0.0463 e. The smallest absolute Gasteiger partial charge is 0.0463 e. The summed E-state index contributed by atoms with van der Waals surface area (Å²) < 4.78 is 0. The second kappa shape index (κ2) is 33.3. The van der Waals surface area contributed by atoms with E-state index in [4.69, 9.17) is 0 Å². The maximum atomic E-state index is 4.40. The summed E-state index contributed by atoms with van der Waals surface area (Å²) >= 11 is 1.89. The van der Waals surface area contributed by atoms with Gasteiger partial charge in [-0.25, -0.2) is 0 Å². The van der Waals surface area contributed by atoms with Gasteiger partial charge >= 0.3 is 0 Å². The fraction of sp³-hybridized carbons (Fsp3) is 0.545. The molecule has 0 aliphatic carbocycles. The number of rotatable bonds is 12. The molecule has 5 heterocycles. The lowest BCUT2D eigenvalue weighted by atomic mass is 9.91. The first-order chi connectivity index (χ1) is 33.3. The molecule has 0 saturated heterocycles. The van der Waals surface area contributed by atoms with E-state index in [2.05, 4.69) is 246 Å². The molecular formula is C66H102N4S. The Bertz CT molecular complexity index is 1840. The minimum absolute atomic E-state index is 0.531. The summed E-state index contributed by atoms with van der Waals surface area (Å²) in [6, 6.07) is 23.6. The molecule has 0 fully saturated rings. The SMILES string of the molecule is CC(C)c1ccccc1C(C)C.CC(C)c1cccnc1C(C)C.CC(C)c1cccnc1C(C)C.CC(C)c1ccncc1C(C)C.CC(C)c1ccncc1C(C)C.CC(C)c1ccsc1C(C)C. The molecule has 4 nitrogen and oxygen atoms in total. The first kappa shape index (κ1) is 64.5.